The minimum Gasteiger partial charge on any atom is -0.550 e. The Morgan fingerprint density at radius 3 is 1.03 bits per heavy atom. The summed E-state index contributed by atoms with van der Waals surface area (Å²) in [7, 11) is 0. The van der Waals surface area contributed by atoms with Gasteiger partial charge < -0.3 is 30.0 Å². The molecular formula is C20H38O8Zr. The van der Waals surface area contributed by atoms with Crippen molar-refractivity contribution in [1.29, 1.82) is 0 Å². The zero-order valence-electron chi connectivity index (χ0n) is 18.7. The molecule has 0 radical (unpaired) electrons. The molecule has 0 amide bonds. The van der Waals surface area contributed by atoms with Crippen molar-refractivity contribution < 1.29 is 65.8 Å². The summed E-state index contributed by atoms with van der Waals surface area (Å²) in [6.07, 6.45) is 2.91. The maximum absolute atomic E-state index is 10.6. The van der Waals surface area contributed by atoms with E-state index in [1.54, 1.807) is 27.7 Å². The van der Waals surface area contributed by atoms with Crippen molar-refractivity contribution in [2.45, 2.75) is 105 Å². The zero-order chi connectivity index (χ0) is 23.1. The van der Waals surface area contributed by atoms with Crippen LogP contribution < -0.4 is 10.2 Å². The number of unbranched alkanes of at least 4 members (excludes halogenated alkanes) is 2. The molecule has 0 aliphatic carbocycles. The van der Waals surface area contributed by atoms with Crippen LogP contribution in [0.15, 0.2) is 0 Å². The van der Waals surface area contributed by atoms with Crippen LogP contribution >= 0.6 is 0 Å². The van der Waals surface area contributed by atoms with Gasteiger partial charge in [-0.25, -0.2) is 0 Å². The molecule has 0 aromatic heterocycles. The summed E-state index contributed by atoms with van der Waals surface area (Å²) in [5.74, 6) is -3.02. The fourth-order valence-corrected chi connectivity index (χ4v) is 1.25. The molecule has 0 aromatic rings. The van der Waals surface area contributed by atoms with Gasteiger partial charge in [0.15, 0.2) is 0 Å². The monoisotopic (exact) mass is 496 g/mol. The minimum atomic E-state index is -1.28. The fourth-order valence-electron chi connectivity index (χ4n) is 1.25. The molecule has 170 valence electrons. The van der Waals surface area contributed by atoms with Gasteiger partial charge >= 0.3 is 26.2 Å². The second-order valence-corrected chi connectivity index (χ2v) is 6.57. The van der Waals surface area contributed by atoms with Crippen LogP contribution in [0.1, 0.15) is 92.9 Å². The number of ketones is 2. The summed E-state index contributed by atoms with van der Waals surface area (Å²) in [5.41, 5.74) is 0. The van der Waals surface area contributed by atoms with Crippen LogP contribution in [0.3, 0.4) is 0 Å². The van der Waals surface area contributed by atoms with E-state index in [2.05, 4.69) is 0 Å². The van der Waals surface area contributed by atoms with Gasteiger partial charge in [0.05, 0.1) is 0 Å². The molecule has 0 fully saturated rings. The Kier molecular flexibility index (Phi) is 39.0. The quantitative estimate of drug-likeness (QED) is 0.414. The normalized spacial score (nSPS) is 8.90. The Balaban J connectivity index is -0.0000000950. The van der Waals surface area contributed by atoms with Crippen molar-refractivity contribution in [3.8, 4) is 0 Å². The van der Waals surface area contributed by atoms with E-state index in [0.29, 0.717) is 12.8 Å². The molecule has 0 unspecified atom stereocenters. The van der Waals surface area contributed by atoms with Crippen molar-refractivity contribution in [1.82, 2.24) is 0 Å². The molecule has 9 heteroatoms. The number of aliphatic carboxylic acids is 2. The van der Waals surface area contributed by atoms with E-state index in [0.717, 1.165) is 25.7 Å². The number of hydrogen-bond acceptors (Lipinski definition) is 8. The predicted molar refractivity (Wildman–Crippen MR) is 103 cm³/mol. The first kappa shape index (κ1) is 38.7. The number of hydrogen-bond donors (Lipinski definition) is 2. The first-order valence-electron chi connectivity index (χ1n) is 9.59. The maximum Gasteiger partial charge on any atom is 2.00 e. The average Bonchev–Trinajstić information content (AvgIpc) is 2.49. The number of Topliss-reactive ketones (excluding diaryl/α,β-unsaturated/α-hetero) is 2. The topological polar surface area (TPSA) is 155 Å². The smallest absolute Gasteiger partial charge is 0.550 e. The van der Waals surface area contributed by atoms with Crippen LogP contribution in [-0.2, 0) is 45.4 Å². The van der Waals surface area contributed by atoms with Crippen molar-refractivity contribution in [2.24, 2.45) is 0 Å². The first-order chi connectivity index (χ1) is 12.8. The Hall–Kier alpha value is -0.917. The third kappa shape index (κ3) is 74.9. The molecule has 2 N–H and O–H groups in total. The standard InChI is InChI=1S/2C7H12O3.2C3H8O.Zr/c2*1-2-3-4-6(8)5-7(9)10;2*1-3(2)4;/h2*2-5H2,1H3,(H,9,10);2*3-4H,1-2H3;/q;;;;+2/p-2. The molecule has 0 saturated carbocycles. The number of aliphatic hydroxyl groups excluding tert-OH is 2. The molecule has 0 aliphatic rings. The largest absolute Gasteiger partial charge is 2.00 e. The Morgan fingerprint density at radius 1 is 0.690 bits per heavy atom. The van der Waals surface area contributed by atoms with Crippen LogP contribution in [0, 0.1) is 0 Å². The average molecular weight is 498 g/mol. The van der Waals surface area contributed by atoms with Gasteiger partial charge in [0, 0.05) is 49.8 Å². The zero-order valence-corrected chi connectivity index (χ0v) is 21.1. The van der Waals surface area contributed by atoms with Crippen LogP contribution in [-0.4, -0.2) is 45.9 Å². The molecular weight excluding hydrogens is 459 g/mol. The summed E-state index contributed by atoms with van der Waals surface area (Å²) in [6, 6.07) is 0. The molecule has 0 rings (SSSR count). The van der Waals surface area contributed by atoms with E-state index in [-0.39, 0.29) is 50.0 Å². The number of carbonyl (C=O) groups excluding carboxylic acids is 4. The van der Waals surface area contributed by atoms with E-state index < -0.39 is 24.8 Å². The first-order valence-corrected chi connectivity index (χ1v) is 9.59. The fraction of sp³-hybridized carbons (Fsp3) is 0.800. The predicted octanol–water partition coefficient (Wildman–Crippen LogP) is 0.543. The van der Waals surface area contributed by atoms with Crippen molar-refractivity contribution in [3.05, 3.63) is 0 Å². The third-order valence-corrected chi connectivity index (χ3v) is 2.30. The van der Waals surface area contributed by atoms with Crippen LogP contribution in [0.5, 0.6) is 0 Å². The summed E-state index contributed by atoms with van der Waals surface area (Å²) >= 11 is 0. The van der Waals surface area contributed by atoms with Crippen molar-refractivity contribution in [3.63, 3.8) is 0 Å². The Bertz CT molecular complexity index is 366. The summed E-state index contributed by atoms with van der Waals surface area (Å²) in [6.45, 7) is 10.8. The van der Waals surface area contributed by atoms with Crippen LogP contribution in [0.4, 0.5) is 0 Å². The van der Waals surface area contributed by atoms with Gasteiger partial charge in [-0.2, -0.15) is 0 Å². The van der Waals surface area contributed by atoms with Crippen molar-refractivity contribution >= 4 is 23.5 Å². The van der Waals surface area contributed by atoms with E-state index in [1.807, 2.05) is 13.8 Å². The van der Waals surface area contributed by atoms with E-state index in [1.165, 1.54) is 0 Å². The summed E-state index contributed by atoms with van der Waals surface area (Å²) < 4.78 is 0. The third-order valence-electron chi connectivity index (χ3n) is 2.30. The second-order valence-electron chi connectivity index (χ2n) is 6.57. The number of carboxylic acid groups (broad SMARTS) is 2. The molecule has 0 aromatic carbocycles. The van der Waals surface area contributed by atoms with Gasteiger partial charge in [-0.3, -0.25) is 9.59 Å². The Labute approximate surface area is 194 Å². The molecule has 0 spiro atoms. The molecule has 0 atom stereocenters. The maximum atomic E-state index is 10.6. The van der Waals surface area contributed by atoms with Gasteiger partial charge in [-0.1, -0.05) is 26.7 Å². The van der Waals surface area contributed by atoms with Crippen LogP contribution in [0.25, 0.3) is 0 Å². The molecule has 0 heterocycles. The van der Waals surface area contributed by atoms with E-state index >= 15 is 0 Å². The molecule has 29 heavy (non-hydrogen) atoms. The SMILES string of the molecule is CC(C)O.CC(C)O.CCCCC(=O)CC(=O)[O-].CCCCC(=O)CC(=O)[O-].[Zr+2]. The van der Waals surface area contributed by atoms with Gasteiger partial charge in [-0.15, -0.1) is 0 Å². The summed E-state index contributed by atoms with van der Waals surface area (Å²) in [4.78, 5) is 40.9. The number of aliphatic hydroxyl groups is 2. The molecule has 0 bridgehead atoms. The number of carboxylic acids is 2. The second kappa shape index (κ2) is 29.3. The molecule has 0 aliphatic heterocycles. The Morgan fingerprint density at radius 2 is 0.897 bits per heavy atom. The number of rotatable bonds is 10. The van der Waals surface area contributed by atoms with Gasteiger partial charge in [-0.05, 0) is 40.5 Å². The van der Waals surface area contributed by atoms with Gasteiger partial charge in [0.2, 0.25) is 0 Å². The van der Waals surface area contributed by atoms with E-state index in [9.17, 15) is 29.4 Å². The van der Waals surface area contributed by atoms with E-state index in [4.69, 9.17) is 10.2 Å². The summed E-state index contributed by atoms with van der Waals surface area (Å²) in [5, 5.41) is 35.8. The van der Waals surface area contributed by atoms with Gasteiger partial charge in [0.1, 0.15) is 11.6 Å². The number of carbonyl (C=O) groups is 4. The van der Waals surface area contributed by atoms with Crippen molar-refractivity contribution in [2.75, 3.05) is 0 Å². The minimum absolute atomic E-state index is 0. The van der Waals surface area contributed by atoms with Crippen LogP contribution in [0.2, 0.25) is 0 Å². The van der Waals surface area contributed by atoms with Gasteiger partial charge in [0.25, 0.3) is 0 Å². The molecule has 8 nitrogen and oxygen atoms in total. The molecule has 0 saturated heterocycles.